The zero-order valence-electron chi connectivity index (χ0n) is 20.6. The minimum atomic E-state index is -3.57. The highest BCUT2D eigenvalue weighted by atomic mass is 32.2. The Bertz CT molecular complexity index is 1290. The summed E-state index contributed by atoms with van der Waals surface area (Å²) in [5, 5.41) is 6.98. The third-order valence-electron chi connectivity index (χ3n) is 6.35. The van der Waals surface area contributed by atoms with Gasteiger partial charge in [0.15, 0.2) is 5.82 Å². The van der Waals surface area contributed by atoms with Crippen LogP contribution in [0.25, 0.3) is 0 Å². The van der Waals surface area contributed by atoms with Crippen LogP contribution in [0.5, 0.6) is 0 Å². The first-order chi connectivity index (χ1) is 16.6. The second-order valence-electron chi connectivity index (χ2n) is 9.51. The van der Waals surface area contributed by atoms with Gasteiger partial charge in [0.25, 0.3) is 0 Å². The SMILES string of the molecule is Cc1ccc(C)c(S(=O)(=O)N2CCC(C(=O)Nc3ccc(Cc4noc(C(C)C)n4)cc3)CC2)c1. The van der Waals surface area contributed by atoms with E-state index < -0.39 is 10.0 Å². The molecule has 35 heavy (non-hydrogen) atoms. The van der Waals surface area contributed by atoms with E-state index in [4.69, 9.17) is 4.52 Å². The molecule has 0 radical (unpaired) electrons. The van der Waals surface area contributed by atoms with Crippen molar-refractivity contribution in [2.24, 2.45) is 5.92 Å². The van der Waals surface area contributed by atoms with E-state index in [9.17, 15) is 13.2 Å². The minimum absolute atomic E-state index is 0.0822. The number of piperidine rings is 1. The molecule has 9 heteroatoms. The van der Waals surface area contributed by atoms with Gasteiger partial charge in [0.05, 0.1) is 4.90 Å². The molecule has 0 atom stereocenters. The molecular weight excluding hydrogens is 464 g/mol. The van der Waals surface area contributed by atoms with E-state index in [0.717, 1.165) is 16.7 Å². The smallest absolute Gasteiger partial charge is 0.243 e. The summed E-state index contributed by atoms with van der Waals surface area (Å²) < 4.78 is 33.0. The Morgan fingerprint density at radius 1 is 1.11 bits per heavy atom. The molecular formula is C26H32N4O4S. The highest BCUT2D eigenvalue weighted by Crippen LogP contribution is 2.27. The lowest BCUT2D eigenvalue weighted by Crippen LogP contribution is -2.41. The fourth-order valence-corrected chi connectivity index (χ4v) is 5.97. The average Bonchev–Trinajstić information content (AvgIpc) is 3.31. The quantitative estimate of drug-likeness (QED) is 0.518. The fraction of sp³-hybridized carbons (Fsp3) is 0.423. The largest absolute Gasteiger partial charge is 0.339 e. The first-order valence-electron chi connectivity index (χ1n) is 11.9. The third kappa shape index (κ3) is 5.79. The van der Waals surface area contributed by atoms with Gasteiger partial charge in [0.2, 0.25) is 21.8 Å². The number of aromatic nitrogens is 2. The zero-order chi connectivity index (χ0) is 25.2. The van der Waals surface area contributed by atoms with Crippen molar-refractivity contribution in [3.63, 3.8) is 0 Å². The van der Waals surface area contributed by atoms with Gasteiger partial charge in [-0.25, -0.2) is 8.42 Å². The predicted molar refractivity (Wildman–Crippen MR) is 134 cm³/mol. The summed E-state index contributed by atoms with van der Waals surface area (Å²) >= 11 is 0. The van der Waals surface area contributed by atoms with Crippen molar-refractivity contribution in [2.45, 2.75) is 57.8 Å². The lowest BCUT2D eigenvalue weighted by atomic mass is 9.97. The van der Waals surface area contributed by atoms with E-state index in [2.05, 4.69) is 15.5 Å². The summed E-state index contributed by atoms with van der Waals surface area (Å²) in [6.45, 7) is 8.36. The van der Waals surface area contributed by atoms with Gasteiger partial charge in [0, 0.05) is 37.0 Å². The molecule has 0 spiro atoms. The van der Waals surface area contributed by atoms with Crippen molar-refractivity contribution in [1.29, 1.82) is 0 Å². The van der Waals surface area contributed by atoms with Crippen molar-refractivity contribution in [2.75, 3.05) is 18.4 Å². The van der Waals surface area contributed by atoms with Crippen molar-refractivity contribution < 1.29 is 17.7 Å². The Labute approximate surface area is 206 Å². The maximum Gasteiger partial charge on any atom is 0.243 e. The Kier molecular flexibility index (Phi) is 7.37. The van der Waals surface area contributed by atoms with E-state index in [1.54, 1.807) is 6.07 Å². The number of benzene rings is 2. The molecule has 1 amide bonds. The minimum Gasteiger partial charge on any atom is -0.339 e. The number of nitrogens with zero attached hydrogens (tertiary/aromatic N) is 3. The third-order valence-corrected chi connectivity index (χ3v) is 8.39. The Balaban J connectivity index is 1.32. The van der Waals surface area contributed by atoms with Gasteiger partial charge in [-0.2, -0.15) is 9.29 Å². The van der Waals surface area contributed by atoms with E-state index in [1.807, 2.05) is 64.1 Å². The Morgan fingerprint density at radius 3 is 2.43 bits per heavy atom. The Morgan fingerprint density at radius 2 is 1.80 bits per heavy atom. The normalized spacial score (nSPS) is 15.5. The highest BCUT2D eigenvalue weighted by molar-refractivity contribution is 7.89. The lowest BCUT2D eigenvalue weighted by molar-refractivity contribution is -0.120. The number of hydrogen-bond donors (Lipinski definition) is 1. The number of sulfonamides is 1. The van der Waals surface area contributed by atoms with Crippen LogP contribution < -0.4 is 5.32 Å². The zero-order valence-corrected chi connectivity index (χ0v) is 21.4. The molecule has 186 valence electrons. The molecule has 1 N–H and O–H groups in total. The van der Waals surface area contributed by atoms with Crippen LogP contribution in [0, 0.1) is 19.8 Å². The van der Waals surface area contributed by atoms with Crippen molar-refractivity contribution in [1.82, 2.24) is 14.4 Å². The molecule has 2 aromatic carbocycles. The van der Waals surface area contributed by atoms with Gasteiger partial charge in [0.1, 0.15) is 0 Å². The summed E-state index contributed by atoms with van der Waals surface area (Å²) in [6, 6.07) is 13.0. The summed E-state index contributed by atoms with van der Waals surface area (Å²) in [5.74, 6) is 1.13. The maximum absolute atomic E-state index is 13.1. The van der Waals surface area contributed by atoms with Crippen molar-refractivity contribution in [3.8, 4) is 0 Å². The first kappa shape index (κ1) is 25.1. The maximum atomic E-state index is 13.1. The first-order valence-corrected chi connectivity index (χ1v) is 13.4. The molecule has 1 fully saturated rings. The van der Waals surface area contributed by atoms with Crippen LogP contribution in [0.2, 0.25) is 0 Å². The number of anilines is 1. The average molecular weight is 497 g/mol. The van der Waals surface area contributed by atoms with Gasteiger partial charge < -0.3 is 9.84 Å². The molecule has 0 saturated carbocycles. The number of carbonyl (C=O) groups is 1. The van der Waals surface area contributed by atoms with Gasteiger partial charge in [-0.3, -0.25) is 4.79 Å². The van der Waals surface area contributed by atoms with Crippen LogP contribution in [0.15, 0.2) is 51.9 Å². The van der Waals surface area contributed by atoms with Crippen LogP contribution in [0.3, 0.4) is 0 Å². The molecule has 1 aromatic heterocycles. The number of carbonyl (C=O) groups excluding carboxylic acids is 1. The standard InChI is InChI=1S/C26H32N4O4S/c1-17(2)26-28-24(29-34-26)16-20-7-9-22(10-8-20)27-25(31)21-11-13-30(14-12-21)35(32,33)23-15-18(3)5-6-19(23)4/h5-10,15,17,21H,11-14,16H2,1-4H3,(H,27,31). The summed E-state index contributed by atoms with van der Waals surface area (Å²) in [7, 11) is -3.57. The Hall–Kier alpha value is -3.04. The van der Waals surface area contributed by atoms with Crippen molar-refractivity contribution >= 4 is 21.6 Å². The van der Waals surface area contributed by atoms with E-state index in [-0.39, 0.29) is 17.7 Å². The van der Waals surface area contributed by atoms with Gasteiger partial charge >= 0.3 is 0 Å². The number of hydrogen-bond acceptors (Lipinski definition) is 6. The predicted octanol–water partition coefficient (Wildman–Crippen LogP) is 4.44. The van der Waals surface area contributed by atoms with Gasteiger partial charge in [-0.05, 0) is 61.6 Å². The summed E-state index contributed by atoms with van der Waals surface area (Å²) in [6.07, 6.45) is 1.53. The van der Waals surface area contributed by atoms with Crippen LogP contribution in [-0.4, -0.2) is 41.9 Å². The highest BCUT2D eigenvalue weighted by Gasteiger charge is 2.33. The number of amides is 1. The molecule has 3 aromatic rings. The molecule has 2 heterocycles. The molecule has 4 rings (SSSR count). The van der Waals surface area contributed by atoms with Crippen LogP contribution in [-0.2, 0) is 21.2 Å². The monoisotopic (exact) mass is 496 g/mol. The number of rotatable bonds is 7. The molecule has 0 aliphatic carbocycles. The lowest BCUT2D eigenvalue weighted by Gasteiger charge is -2.31. The van der Waals surface area contributed by atoms with Crippen molar-refractivity contribution in [3.05, 3.63) is 70.9 Å². The van der Waals surface area contributed by atoms with Crippen LogP contribution >= 0.6 is 0 Å². The van der Waals surface area contributed by atoms with E-state index in [1.165, 1.54) is 4.31 Å². The molecule has 1 aliphatic rings. The van der Waals surface area contributed by atoms with E-state index in [0.29, 0.717) is 54.6 Å². The molecule has 0 unspecified atom stereocenters. The van der Waals surface area contributed by atoms with Crippen LogP contribution in [0.1, 0.15) is 61.0 Å². The second kappa shape index (κ2) is 10.3. The summed E-state index contributed by atoms with van der Waals surface area (Å²) in [5.41, 5.74) is 3.37. The molecule has 8 nitrogen and oxygen atoms in total. The molecule has 1 saturated heterocycles. The molecule has 0 bridgehead atoms. The number of nitrogens with one attached hydrogen (secondary N) is 1. The fourth-order valence-electron chi connectivity index (χ4n) is 4.19. The second-order valence-corrected chi connectivity index (χ2v) is 11.4. The topological polar surface area (TPSA) is 105 Å². The van der Waals surface area contributed by atoms with E-state index >= 15 is 0 Å². The van der Waals surface area contributed by atoms with Crippen LogP contribution in [0.4, 0.5) is 5.69 Å². The summed E-state index contributed by atoms with van der Waals surface area (Å²) in [4.78, 5) is 17.6. The van der Waals surface area contributed by atoms with Gasteiger partial charge in [-0.15, -0.1) is 0 Å². The van der Waals surface area contributed by atoms with Gasteiger partial charge in [-0.1, -0.05) is 43.3 Å². The molecule has 1 aliphatic heterocycles. The number of aryl methyl sites for hydroxylation is 2.